The maximum absolute atomic E-state index is 6.84. The lowest BCUT2D eigenvalue weighted by molar-refractivity contribution is 0.668. The zero-order chi connectivity index (χ0) is 33.1. The molecule has 3 aromatic carbocycles. The van der Waals surface area contributed by atoms with Gasteiger partial charge in [-0.05, 0) is 126 Å². The first kappa shape index (κ1) is 29.5. The molecule has 6 heterocycles. The van der Waals surface area contributed by atoms with Gasteiger partial charge in [0.15, 0.2) is 0 Å². The maximum Gasteiger partial charge on any atom is 0.137 e. The highest BCUT2D eigenvalue weighted by atomic mass is 127. The average Bonchev–Trinajstić information content (AvgIpc) is 3.96. The Labute approximate surface area is 296 Å². The van der Waals surface area contributed by atoms with E-state index in [2.05, 4.69) is 185 Å². The molecule has 49 heavy (non-hydrogen) atoms. The van der Waals surface area contributed by atoms with Crippen LogP contribution in [0.5, 0.6) is 0 Å². The van der Waals surface area contributed by atoms with Crippen LogP contribution < -0.4 is 0 Å². The minimum Gasteiger partial charge on any atom is -0.456 e. The van der Waals surface area contributed by atoms with Crippen LogP contribution in [-0.4, -0.2) is 19.9 Å². The lowest BCUT2D eigenvalue weighted by atomic mass is 10.0. The van der Waals surface area contributed by atoms with Crippen molar-refractivity contribution >= 4 is 79.0 Å². The molecule has 10 bridgehead atoms. The van der Waals surface area contributed by atoms with Crippen LogP contribution in [0, 0.1) is 17.4 Å². The van der Waals surface area contributed by atoms with E-state index in [4.69, 9.17) is 9.40 Å². The number of H-pyrrole nitrogens is 3. The molecule has 1 aliphatic heterocycles. The monoisotopic (exact) mass is 746 g/mol. The fraction of sp³-hybridized carbons (Fsp3) is 0.0465. The van der Waals surface area contributed by atoms with Crippen LogP contribution in [0.2, 0.25) is 0 Å². The Hall–Kier alpha value is -5.60. The lowest BCUT2D eigenvalue weighted by Crippen LogP contribution is -1.86. The molecular formula is C43H31IN4O. The highest BCUT2D eigenvalue weighted by Crippen LogP contribution is 2.36. The van der Waals surface area contributed by atoms with Gasteiger partial charge in [0, 0.05) is 25.8 Å². The van der Waals surface area contributed by atoms with Gasteiger partial charge in [-0.15, -0.1) is 0 Å². The standard InChI is InChI=1S/C43H31IN4O/c1-25-3-7-28(8-4-25)42-37-21-17-33(47-37)31-15-19-35(45-31)41(27-11-13-30(44)14-12-27)36-20-16-32(46-36)34-18-22-38(48-34)43(40-24-23-39(42)49-40)29-9-5-26(2)6-10-29/h3-24,45,47-48H,1-2H3. The van der Waals surface area contributed by atoms with Crippen molar-refractivity contribution in [1.29, 1.82) is 0 Å². The number of aromatic amines is 3. The molecule has 0 unspecified atom stereocenters. The Bertz CT molecular complexity index is 2720. The minimum atomic E-state index is 0.782. The van der Waals surface area contributed by atoms with Gasteiger partial charge in [-0.3, -0.25) is 0 Å². The predicted molar refractivity (Wildman–Crippen MR) is 212 cm³/mol. The number of nitrogens with zero attached hydrogens (tertiary/aromatic N) is 1. The number of hydrogen-bond donors (Lipinski definition) is 3. The van der Waals surface area contributed by atoms with Crippen molar-refractivity contribution in [3.8, 4) is 33.4 Å². The normalized spacial score (nSPS) is 11.9. The van der Waals surface area contributed by atoms with Crippen LogP contribution in [0.15, 0.2) is 126 Å². The quantitative estimate of drug-likeness (QED) is 0.158. The molecule has 0 spiro atoms. The summed E-state index contributed by atoms with van der Waals surface area (Å²) in [5.41, 5.74) is 17.9. The van der Waals surface area contributed by atoms with Crippen LogP contribution in [0.1, 0.15) is 22.5 Å². The molecule has 5 nitrogen and oxygen atoms in total. The van der Waals surface area contributed by atoms with Crippen LogP contribution in [-0.2, 0) is 0 Å². The first-order valence-electron chi connectivity index (χ1n) is 16.3. The summed E-state index contributed by atoms with van der Waals surface area (Å²) < 4.78 is 8.03. The van der Waals surface area contributed by atoms with Crippen molar-refractivity contribution in [2.75, 3.05) is 0 Å². The smallest absolute Gasteiger partial charge is 0.137 e. The van der Waals surface area contributed by atoms with E-state index in [1.165, 1.54) is 14.7 Å². The molecule has 0 fully saturated rings. The topological polar surface area (TPSA) is 73.4 Å². The Balaban J connectivity index is 1.44. The summed E-state index contributed by atoms with van der Waals surface area (Å²) >= 11 is 2.35. The molecule has 9 rings (SSSR count). The summed E-state index contributed by atoms with van der Waals surface area (Å²) in [5.74, 6) is 0. The van der Waals surface area contributed by atoms with Crippen LogP contribution in [0.4, 0.5) is 0 Å². The number of hydrogen-bond acceptors (Lipinski definition) is 2. The van der Waals surface area contributed by atoms with Crippen molar-refractivity contribution in [3.05, 3.63) is 147 Å². The van der Waals surface area contributed by atoms with Gasteiger partial charge in [0.25, 0.3) is 0 Å². The highest BCUT2D eigenvalue weighted by Gasteiger charge is 2.15. The number of halogens is 1. The molecule has 6 heteroatoms. The van der Waals surface area contributed by atoms with E-state index in [0.717, 1.165) is 89.0 Å². The Kier molecular flexibility index (Phi) is 7.13. The zero-order valence-electron chi connectivity index (χ0n) is 26.9. The van der Waals surface area contributed by atoms with Crippen LogP contribution in [0.25, 0.3) is 89.8 Å². The van der Waals surface area contributed by atoms with E-state index in [1.54, 1.807) is 0 Å². The van der Waals surface area contributed by atoms with Crippen molar-refractivity contribution in [2.24, 2.45) is 0 Å². The first-order valence-corrected chi connectivity index (χ1v) is 17.4. The molecule has 1 aliphatic rings. The fourth-order valence-electron chi connectivity index (χ4n) is 6.70. The molecular weight excluding hydrogens is 715 g/mol. The number of fused-ring (bicyclic) bond motifs is 12. The molecule has 3 N–H and O–H groups in total. The Morgan fingerprint density at radius 3 is 1.39 bits per heavy atom. The van der Waals surface area contributed by atoms with Gasteiger partial charge in [0.1, 0.15) is 11.2 Å². The summed E-state index contributed by atoms with van der Waals surface area (Å²) in [4.78, 5) is 16.3. The third kappa shape index (κ3) is 5.38. The van der Waals surface area contributed by atoms with Gasteiger partial charge in [-0.1, -0.05) is 71.8 Å². The van der Waals surface area contributed by atoms with E-state index in [0.29, 0.717) is 0 Å². The average molecular weight is 747 g/mol. The Morgan fingerprint density at radius 2 is 0.837 bits per heavy atom. The molecule has 0 saturated heterocycles. The second kappa shape index (κ2) is 11.8. The maximum atomic E-state index is 6.84. The molecule has 5 aromatic heterocycles. The van der Waals surface area contributed by atoms with Gasteiger partial charge in [-0.25, -0.2) is 4.98 Å². The Morgan fingerprint density at radius 1 is 0.429 bits per heavy atom. The van der Waals surface area contributed by atoms with E-state index in [9.17, 15) is 0 Å². The summed E-state index contributed by atoms with van der Waals surface area (Å²) in [6, 6.07) is 42.8. The fourth-order valence-corrected chi connectivity index (χ4v) is 7.06. The minimum absolute atomic E-state index is 0.782. The number of aryl methyl sites for hydroxylation is 2. The van der Waals surface area contributed by atoms with Gasteiger partial charge < -0.3 is 19.4 Å². The van der Waals surface area contributed by atoms with E-state index in [-0.39, 0.29) is 0 Å². The van der Waals surface area contributed by atoms with Crippen LogP contribution in [0.3, 0.4) is 0 Å². The highest BCUT2D eigenvalue weighted by molar-refractivity contribution is 14.1. The zero-order valence-corrected chi connectivity index (χ0v) is 29.1. The van der Waals surface area contributed by atoms with Gasteiger partial charge in [0.05, 0.1) is 39.0 Å². The van der Waals surface area contributed by atoms with Crippen LogP contribution >= 0.6 is 22.6 Å². The van der Waals surface area contributed by atoms with E-state index < -0.39 is 0 Å². The molecule has 8 aromatic rings. The third-order valence-electron chi connectivity index (χ3n) is 9.24. The van der Waals surface area contributed by atoms with E-state index >= 15 is 0 Å². The summed E-state index contributed by atoms with van der Waals surface area (Å²) in [7, 11) is 0. The first-order chi connectivity index (χ1) is 24.0. The number of aromatic nitrogens is 4. The number of furan rings is 1. The number of benzene rings is 3. The van der Waals surface area contributed by atoms with Gasteiger partial charge >= 0.3 is 0 Å². The molecule has 236 valence electrons. The van der Waals surface area contributed by atoms with Gasteiger partial charge in [0.2, 0.25) is 0 Å². The summed E-state index contributed by atoms with van der Waals surface area (Å²) in [6.07, 6.45) is 4.20. The predicted octanol–water partition coefficient (Wildman–Crippen LogP) is 12.2. The number of rotatable bonds is 3. The molecule has 0 amide bonds. The largest absolute Gasteiger partial charge is 0.456 e. The summed E-state index contributed by atoms with van der Waals surface area (Å²) in [6.45, 7) is 4.22. The lowest BCUT2D eigenvalue weighted by Gasteiger charge is -2.04. The number of nitrogens with one attached hydrogen (secondary N) is 3. The molecule has 0 aliphatic carbocycles. The second-order valence-electron chi connectivity index (χ2n) is 12.6. The third-order valence-corrected chi connectivity index (χ3v) is 9.96. The SMILES string of the molecule is Cc1ccc(-c2c3ccc([nH]3)c3nc(c(-c4ccc(I)cc4)c4ccc([nH]4)c4ccc([nH]4)c(-c4ccc(C)cc4)c4ccc2o4)C=C3)cc1. The van der Waals surface area contributed by atoms with Crippen molar-refractivity contribution in [2.45, 2.75) is 13.8 Å². The van der Waals surface area contributed by atoms with Crippen molar-refractivity contribution in [1.82, 2.24) is 19.9 Å². The molecule has 0 saturated carbocycles. The summed E-state index contributed by atoms with van der Waals surface area (Å²) in [5, 5.41) is 0. The van der Waals surface area contributed by atoms with Gasteiger partial charge in [-0.2, -0.15) is 0 Å². The second-order valence-corrected chi connectivity index (χ2v) is 13.8. The van der Waals surface area contributed by atoms with Crippen molar-refractivity contribution in [3.63, 3.8) is 0 Å². The molecule has 0 radical (unpaired) electrons. The van der Waals surface area contributed by atoms with E-state index in [1.807, 2.05) is 0 Å². The van der Waals surface area contributed by atoms with Crippen molar-refractivity contribution < 1.29 is 4.42 Å². The molecule has 0 atom stereocenters.